The first-order valence-corrected chi connectivity index (χ1v) is 46.8. The third-order valence-corrected chi connectivity index (χ3v) is 26.4. The van der Waals surface area contributed by atoms with Gasteiger partial charge in [-0.2, -0.15) is 0 Å². The van der Waals surface area contributed by atoms with Gasteiger partial charge in [-0.25, -0.2) is 0 Å². The lowest BCUT2D eigenvalue weighted by molar-refractivity contribution is 0.0365. The number of nitrogens with zero attached hydrogens (tertiary/aromatic N) is 8. The van der Waals surface area contributed by atoms with Gasteiger partial charge in [-0.15, -0.1) is 0 Å². The average Bonchev–Trinajstić information content (AvgIpc) is 1.67. The van der Waals surface area contributed by atoms with Gasteiger partial charge in [0.25, 0.3) is 0 Å². The Labute approximate surface area is 727 Å². The lowest BCUT2D eigenvalue weighted by atomic mass is 9.86. The summed E-state index contributed by atoms with van der Waals surface area (Å²) in [6.07, 6.45) is 42.2. The molecule has 4 aromatic carbocycles. The minimum Gasteiger partial charge on any atom is -0.454 e. The SMILES string of the molecule is C.C.CC.CC.CC.CC1CCC(N(C)Cc2ccc3c(c2)OCO3)CC1.CC1CCC(N(C)Cc2ccc3c(c2)OCO3)CC1.CC1CCC(N(C)Cc2ccccc2)CC1.CC1CCC(N(C)Cc2ccccc2)CC1.CC1CCC(N(C)Cc2cccnc2)CC1.COCN(C)C1CCC(C)CC1.COCN(C)C1CCC(C)CC1. The molecule has 14 rings (SSSR count). The Morgan fingerprint density at radius 2 is 0.492 bits per heavy atom. The van der Waals surface area contributed by atoms with Crippen LogP contribution in [0.1, 0.15) is 312 Å². The summed E-state index contributed by atoms with van der Waals surface area (Å²) in [6.45, 7) is 36.1. The second kappa shape index (κ2) is 62.0. The second-order valence-electron chi connectivity index (χ2n) is 36.0. The molecule has 0 saturated heterocycles. The Morgan fingerprint density at radius 1 is 0.271 bits per heavy atom. The van der Waals surface area contributed by atoms with E-state index in [1.54, 1.807) is 14.2 Å². The fourth-order valence-electron chi connectivity index (χ4n) is 18.2. The molecule has 7 fully saturated rings. The zero-order chi connectivity index (χ0) is 84.6. The standard InChI is InChI=1S/2C16H23NO2.2C15H23N.C14H22N2.2C10H21NO.3C2H6.2CH4/c2*1-12-3-6-14(7-4-12)17(2)10-13-5-8-15-16(9-13)19-11-18-15;2*1-13-8-10-15(11-9-13)16(2)12-14-6-4-3-5-7-14;1-12-5-7-14(8-6-12)16(2)11-13-4-3-9-15-10-13;2*1-9-4-6-10(7-5-9)11(2)8-12-3;3*1-2;;/h2*5,8-9,12,14H,3-4,6-7,10-11H2,1-2H3;2*3-7,13,15H,8-12H2,1-2H3;3-4,9-10,12,14H,5-8,11H2,1-2H3;2*9-10H,4-8H2,1-3H3;3*1-2H3;2*1H4. The van der Waals surface area contributed by atoms with Gasteiger partial charge < -0.3 is 28.4 Å². The minimum absolute atomic E-state index is 0. The molecule has 7 saturated carbocycles. The van der Waals surface area contributed by atoms with E-state index in [4.69, 9.17) is 28.4 Å². The summed E-state index contributed by atoms with van der Waals surface area (Å²) in [5.74, 6) is 10.1. The molecule has 0 spiro atoms. The summed E-state index contributed by atoms with van der Waals surface area (Å²) in [5.41, 5.74) is 6.81. The van der Waals surface area contributed by atoms with Gasteiger partial charge in [-0.1, -0.05) is 184 Å². The fraction of sp³-hybridized carbons (Fsp3) is 0.721. The van der Waals surface area contributed by atoms with Crippen LogP contribution in [-0.4, -0.2) is 172 Å². The van der Waals surface area contributed by atoms with Gasteiger partial charge in [-0.05, 0) is 329 Å². The molecule has 0 N–H and O–H groups in total. The molecule has 0 bridgehead atoms. The molecule has 0 amide bonds. The predicted octanol–water partition coefficient (Wildman–Crippen LogP) is 25.9. The first-order valence-electron chi connectivity index (χ1n) is 46.8. The van der Waals surface area contributed by atoms with Crippen LogP contribution in [0.4, 0.5) is 0 Å². The third-order valence-electron chi connectivity index (χ3n) is 26.4. The molecule has 1 aromatic heterocycles. The van der Waals surface area contributed by atoms with E-state index < -0.39 is 0 Å². The van der Waals surface area contributed by atoms with Crippen molar-refractivity contribution in [3.63, 3.8) is 0 Å². The fourth-order valence-corrected chi connectivity index (χ4v) is 18.2. The van der Waals surface area contributed by atoms with Crippen molar-refractivity contribution in [2.75, 3.05) is 90.6 Å². The van der Waals surface area contributed by atoms with E-state index in [0.717, 1.165) is 153 Å². The number of hydrogen-bond acceptors (Lipinski definition) is 14. The van der Waals surface area contributed by atoms with Crippen LogP contribution in [0, 0.1) is 41.4 Å². The van der Waals surface area contributed by atoms with Crippen molar-refractivity contribution in [3.05, 3.63) is 149 Å². The van der Waals surface area contributed by atoms with Crippen molar-refractivity contribution in [1.29, 1.82) is 0 Å². The number of hydrogen-bond donors (Lipinski definition) is 0. The van der Waals surface area contributed by atoms with Crippen LogP contribution in [0.15, 0.2) is 122 Å². The molecule has 7 aliphatic carbocycles. The zero-order valence-electron chi connectivity index (χ0n) is 78.3. The van der Waals surface area contributed by atoms with Crippen molar-refractivity contribution < 1.29 is 28.4 Å². The number of benzene rings is 4. The van der Waals surface area contributed by atoms with Crippen LogP contribution in [-0.2, 0) is 42.2 Å². The number of rotatable bonds is 21. The molecule has 674 valence electrons. The monoisotopic (exact) mass is 1640 g/mol. The van der Waals surface area contributed by atoms with Gasteiger partial charge in [0.15, 0.2) is 23.0 Å². The number of ether oxygens (including phenoxy) is 6. The second-order valence-corrected chi connectivity index (χ2v) is 36.0. The number of aromatic nitrogens is 1. The topological polar surface area (TPSA) is 91.0 Å². The lowest BCUT2D eigenvalue weighted by Gasteiger charge is -2.33. The largest absolute Gasteiger partial charge is 0.454 e. The summed E-state index contributed by atoms with van der Waals surface area (Å²) in [4.78, 5) is 21.3. The van der Waals surface area contributed by atoms with Crippen molar-refractivity contribution in [3.8, 4) is 23.0 Å². The maximum Gasteiger partial charge on any atom is 0.231 e. The molecule has 3 heterocycles. The van der Waals surface area contributed by atoms with Crippen LogP contribution in [0.5, 0.6) is 23.0 Å². The van der Waals surface area contributed by atoms with E-state index >= 15 is 0 Å². The van der Waals surface area contributed by atoms with Crippen LogP contribution < -0.4 is 18.9 Å². The van der Waals surface area contributed by atoms with Gasteiger partial charge in [0.05, 0.1) is 13.5 Å². The Morgan fingerprint density at radius 3 is 0.729 bits per heavy atom. The molecule has 9 aliphatic rings. The maximum atomic E-state index is 5.44. The van der Waals surface area contributed by atoms with Crippen LogP contribution >= 0.6 is 0 Å². The van der Waals surface area contributed by atoms with Crippen LogP contribution in [0.3, 0.4) is 0 Å². The summed E-state index contributed by atoms with van der Waals surface area (Å²) in [7, 11) is 19.1. The van der Waals surface area contributed by atoms with E-state index in [1.165, 1.54) is 208 Å². The van der Waals surface area contributed by atoms with E-state index in [2.05, 4.69) is 228 Å². The molecule has 14 heteroatoms. The Hall–Kier alpha value is -5.13. The van der Waals surface area contributed by atoms with Gasteiger partial charge in [0.2, 0.25) is 13.6 Å². The third kappa shape index (κ3) is 40.9. The van der Waals surface area contributed by atoms with E-state index in [9.17, 15) is 0 Å². The van der Waals surface area contributed by atoms with E-state index in [0.29, 0.717) is 13.6 Å². The lowest BCUT2D eigenvalue weighted by Crippen LogP contribution is -2.35. The predicted molar refractivity (Wildman–Crippen MR) is 506 cm³/mol. The summed E-state index contributed by atoms with van der Waals surface area (Å²) >= 11 is 0. The average molecular weight is 1640 g/mol. The van der Waals surface area contributed by atoms with Crippen LogP contribution in [0.25, 0.3) is 0 Å². The molecule has 2 aliphatic heterocycles. The highest BCUT2D eigenvalue weighted by molar-refractivity contribution is 5.45. The normalized spacial score (nSPS) is 25.3. The Bertz CT molecular complexity index is 2900. The van der Waals surface area contributed by atoms with Gasteiger partial charge in [-0.3, -0.25) is 39.3 Å². The van der Waals surface area contributed by atoms with Gasteiger partial charge in [0, 0.05) is 102 Å². The first kappa shape index (κ1) is 107. The zero-order valence-corrected chi connectivity index (χ0v) is 78.3. The molecule has 0 atom stereocenters. The summed E-state index contributed by atoms with van der Waals surface area (Å²) in [5, 5.41) is 0. The number of methoxy groups -OCH3 is 2. The molecular weight excluding hydrogens is 1460 g/mol. The highest BCUT2D eigenvalue weighted by atomic mass is 16.7. The van der Waals surface area contributed by atoms with Gasteiger partial charge >= 0.3 is 0 Å². The Balaban J connectivity index is 0.000000353. The molecule has 118 heavy (non-hydrogen) atoms. The van der Waals surface area contributed by atoms with E-state index in [-0.39, 0.29) is 14.9 Å². The van der Waals surface area contributed by atoms with E-state index in [1.807, 2.05) is 72.1 Å². The molecule has 5 aromatic rings. The molecule has 0 unspecified atom stereocenters. The van der Waals surface area contributed by atoms with Crippen molar-refractivity contribution in [2.45, 2.75) is 360 Å². The summed E-state index contributed by atoms with van der Waals surface area (Å²) in [6, 6.07) is 43.7. The number of pyridine rings is 1. The quantitative estimate of drug-likeness (QED) is 0.0653. The van der Waals surface area contributed by atoms with Crippen molar-refractivity contribution in [2.24, 2.45) is 41.4 Å². The first-order chi connectivity index (χ1) is 56.2. The van der Waals surface area contributed by atoms with Crippen molar-refractivity contribution in [1.82, 2.24) is 39.3 Å². The molecular formula is C104H182N8O6. The maximum absolute atomic E-state index is 5.44. The molecule has 0 radical (unpaired) electrons. The summed E-state index contributed by atoms with van der Waals surface area (Å²) < 4.78 is 31.8. The number of fused-ring (bicyclic) bond motifs is 2. The Kier molecular flexibility index (Phi) is 56.3. The highest BCUT2D eigenvalue weighted by Gasteiger charge is 2.29. The van der Waals surface area contributed by atoms with Crippen molar-refractivity contribution >= 4 is 0 Å². The smallest absolute Gasteiger partial charge is 0.231 e. The van der Waals surface area contributed by atoms with Gasteiger partial charge in [0.1, 0.15) is 0 Å². The highest BCUT2D eigenvalue weighted by Crippen LogP contribution is 2.37. The minimum atomic E-state index is 0. The van der Waals surface area contributed by atoms with Crippen LogP contribution in [0.2, 0.25) is 0 Å². The molecule has 14 nitrogen and oxygen atoms in total.